The van der Waals surface area contributed by atoms with Crippen molar-refractivity contribution in [1.29, 1.82) is 0 Å². The molecule has 0 aliphatic heterocycles. The van der Waals surface area contributed by atoms with E-state index in [2.05, 4.69) is 0 Å². The molecule has 110 valence electrons. The third kappa shape index (κ3) is 2.18. The Kier molecular flexibility index (Phi) is 3.54. The molecule has 0 radical (unpaired) electrons. The highest BCUT2D eigenvalue weighted by molar-refractivity contribution is 5.86. The van der Waals surface area contributed by atoms with Gasteiger partial charge in [-0.15, -0.1) is 0 Å². The van der Waals surface area contributed by atoms with Gasteiger partial charge in [0.2, 0.25) is 0 Å². The Morgan fingerprint density at radius 2 is 1.90 bits per heavy atom. The second-order valence-corrected chi connectivity index (χ2v) is 5.97. The van der Waals surface area contributed by atoms with E-state index in [1.54, 1.807) is 14.2 Å². The first kappa shape index (κ1) is 14.9. The lowest BCUT2D eigenvalue weighted by molar-refractivity contribution is -0.140. The lowest BCUT2D eigenvalue weighted by Crippen LogP contribution is -2.25. The third-order valence-electron chi connectivity index (χ3n) is 4.38. The molecular weight excluding hydrogens is 256 g/mol. The van der Waals surface area contributed by atoms with E-state index in [4.69, 9.17) is 9.47 Å². The molecule has 2 rings (SSSR count). The maximum Gasteiger partial charge on any atom is 0.314 e. The van der Waals surface area contributed by atoms with Crippen LogP contribution in [0.25, 0.3) is 0 Å². The van der Waals surface area contributed by atoms with Gasteiger partial charge in [0, 0.05) is 12.7 Å². The van der Waals surface area contributed by atoms with Crippen molar-refractivity contribution in [3.05, 3.63) is 28.8 Å². The quantitative estimate of drug-likeness (QED) is 0.899. The molecule has 4 heteroatoms. The van der Waals surface area contributed by atoms with Crippen LogP contribution in [0.5, 0.6) is 5.75 Å². The van der Waals surface area contributed by atoms with Crippen molar-refractivity contribution < 1.29 is 19.4 Å². The van der Waals surface area contributed by atoms with Crippen LogP contribution in [0.3, 0.4) is 0 Å². The van der Waals surface area contributed by atoms with Crippen LogP contribution >= 0.6 is 0 Å². The molecule has 1 aromatic rings. The molecule has 1 aliphatic carbocycles. The molecule has 0 saturated heterocycles. The first-order valence-electron chi connectivity index (χ1n) is 6.76. The van der Waals surface area contributed by atoms with Gasteiger partial charge in [-0.2, -0.15) is 0 Å². The van der Waals surface area contributed by atoms with E-state index in [0.717, 1.165) is 16.7 Å². The minimum atomic E-state index is -0.780. The molecule has 1 aromatic carbocycles. The number of aliphatic carboxylic acids is 1. The maximum absolute atomic E-state index is 11.6. The molecule has 0 unspecified atom stereocenters. The molecule has 0 aromatic heterocycles. The van der Waals surface area contributed by atoms with Gasteiger partial charge in [0.25, 0.3) is 0 Å². The van der Waals surface area contributed by atoms with Crippen LogP contribution in [0.2, 0.25) is 0 Å². The summed E-state index contributed by atoms with van der Waals surface area (Å²) in [4.78, 5) is 11.6. The number of methoxy groups -OCH3 is 2. The lowest BCUT2D eigenvalue weighted by atomic mass is 9.86. The number of ether oxygens (including phenoxy) is 2. The van der Waals surface area contributed by atoms with E-state index < -0.39 is 17.0 Å². The summed E-state index contributed by atoms with van der Waals surface area (Å²) in [6.45, 7) is 5.95. The van der Waals surface area contributed by atoms with Gasteiger partial charge in [-0.05, 0) is 56.9 Å². The van der Waals surface area contributed by atoms with Gasteiger partial charge in [-0.3, -0.25) is 4.79 Å². The average Bonchev–Trinajstić information content (AvgIpc) is 3.19. The summed E-state index contributed by atoms with van der Waals surface area (Å²) < 4.78 is 10.9. The summed E-state index contributed by atoms with van der Waals surface area (Å²) in [7, 11) is 3.24. The smallest absolute Gasteiger partial charge is 0.314 e. The number of carboxylic acid groups (broad SMARTS) is 1. The summed E-state index contributed by atoms with van der Waals surface area (Å²) in [5, 5.41) is 9.51. The predicted molar refractivity (Wildman–Crippen MR) is 76.3 cm³/mol. The highest BCUT2D eigenvalue weighted by Gasteiger charge is 2.53. The van der Waals surface area contributed by atoms with E-state index in [9.17, 15) is 9.90 Å². The number of aryl methyl sites for hydroxylation is 1. The second-order valence-electron chi connectivity index (χ2n) is 5.97. The molecular formula is C16H22O4. The average molecular weight is 278 g/mol. The first-order chi connectivity index (χ1) is 9.28. The first-order valence-corrected chi connectivity index (χ1v) is 6.76. The van der Waals surface area contributed by atoms with Gasteiger partial charge in [-0.25, -0.2) is 0 Å². The summed E-state index contributed by atoms with van der Waals surface area (Å²) in [6.07, 6.45) is 1.32. The van der Waals surface area contributed by atoms with Crippen molar-refractivity contribution in [2.24, 2.45) is 0 Å². The minimum Gasteiger partial charge on any atom is -0.496 e. The zero-order valence-corrected chi connectivity index (χ0v) is 12.7. The number of rotatable bonds is 5. The molecule has 0 atom stereocenters. The van der Waals surface area contributed by atoms with Crippen LogP contribution in [0.4, 0.5) is 0 Å². The van der Waals surface area contributed by atoms with Crippen LogP contribution in [-0.2, 0) is 20.5 Å². The Hall–Kier alpha value is -1.55. The summed E-state index contributed by atoms with van der Waals surface area (Å²) in [5.41, 5.74) is 1.57. The molecule has 0 heterocycles. The fourth-order valence-corrected chi connectivity index (χ4v) is 2.71. The van der Waals surface area contributed by atoms with E-state index in [-0.39, 0.29) is 0 Å². The summed E-state index contributed by atoms with van der Waals surface area (Å²) in [6, 6.07) is 3.85. The van der Waals surface area contributed by atoms with Crippen molar-refractivity contribution in [2.75, 3.05) is 14.2 Å². The van der Waals surface area contributed by atoms with Crippen LogP contribution in [-0.4, -0.2) is 25.3 Å². The lowest BCUT2D eigenvalue weighted by Gasteiger charge is -2.28. The van der Waals surface area contributed by atoms with Crippen molar-refractivity contribution in [2.45, 2.75) is 44.6 Å². The number of hydrogen-bond acceptors (Lipinski definition) is 3. The van der Waals surface area contributed by atoms with Crippen molar-refractivity contribution in [1.82, 2.24) is 0 Å². The number of carbonyl (C=O) groups is 1. The van der Waals surface area contributed by atoms with Crippen LogP contribution in [0.1, 0.15) is 43.4 Å². The molecule has 4 nitrogen and oxygen atoms in total. The van der Waals surface area contributed by atoms with Gasteiger partial charge in [0.15, 0.2) is 0 Å². The Balaban J connectivity index is 2.62. The van der Waals surface area contributed by atoms with Crippen molar-refractivity contribution in [3.8, 4) is 5.75 Å². The predicted octanol–water partition coefficient (Wildman–Crippen LogP) is 3.00. The summed E-state index contributed by atoms with van der Waals surface area (Å²) in [5.74, 6) is -0.126. The Bertz CT molecular complexity index is 542. The highest BCUT2D eigenvalue weighted by atomic mass is 16.5. The second kappa shape index (κ2) is 4.77. The van der Waals surface area contributed by atoms with Crippen LogP contribution in [0.15, 0.2) is 12.1 Å². The topological polar surface area (TPSA) is 55.8 Å². The Labute approximate surface area is 119 Å². The van der Waals surface area contributed by atoms with Gasteiger partial charge in [0.05, 0.1) is 18.1 Å². The largest absolute Gasteiger partial charge is 0.496 e. The third-order valence-corrected chi connectivity index (χ3v) is 4.38. The molecule has 1 saturated carbocycles. The van der Waals surface area contributed by atoms with Gasteiger partial charge < -0.3 is 14.6 Å². The normalized spacial score (nSPS) is 16.9. The van der Waals surface area contributed by atoms with E-state index >= 15 is 0 Å². The molecule has 1 fully saturated rings. The molecule has 1 N–H and O–H groups in total. The fourth-order valence-electron chi connectivity index (χ4n) is 2.71. The number of carboxylic acids is 1. The number of hydrogen-bond donors (Lipinski definition) is 1. The zero-order valence-electron chi connectivity index (χ0n) is 12.7. The standard InChI is InChI=1S/C16H22O4/c1-10-8-13(19-4)12(16(6-7-16)14(17)18)9-11(10)15(2,3)20-5/h8-9H,6-7H2,1-5H3,(H,17,18). The maximum atomic E-state index is 11.6. The Morgan fingerprint density at radius 1 is 1.30 bits per heavy atom. The molecule has 1 aliphatic rings. The molecule has 0 amide bonds. The molecule has 0 bridgehead atoms. The summed E-state index contributed by atoms with van der Waals surface area (Å²) >= 11 is 0. The highest BCUT2D eigenvalue weighted by Crippen LogP contribution is 2.52. The van der Waals surface area contributed by atoms with Gasteiger partial charge in [0.1, 0.15) is 5.75 Å². The van der Waals surface area contributed by atoms with Crippen molar-refractivity contribution >= 4 is 5.97 Å². The van der Waals surface area contributed by atoms with Crippen molar-refractivity contribution in [3.63, 3.8) is 0 Å². The Morgan fingerprint density at radius 3 is 2.30 bits per heavy atom. The zero-order chi connectivity index (χ0) is 15.1. The van der Waals surface area contributed by atoms with Crippen LogP contribution in [0, 0.1) is 6.92 Å². The van der Waals surface area contributed by atoms with Crippen LogP contribution < -0.4 is 4.74 Å². The van der Waals surface area contributed by atoms with E-state index in [1.807, 2.05) is 32.9 Å². The van der Waals surface area contributed by atoms with Gasteiger partial charge >= 0.3 is 5.97 Å². The fraction of sp³-hybridized carbons (Fsp3) is 0.562. The molecule has 0 spiro atoms. The van der Waals surface area contributed by atoms with E-state index in [0.29, 0.717) is 18.6 Å². The monoisotopic (exact) mass is 278 g/mol. The van der Waals surface area contributed by atoms with E-state index in [1.165, 1.54) is 0 Å². The minimum absolute atomic E-state index is 0.459. The number of benzene rings is 1. The molecule has 20 heavy (non-hydrogen) atoms. The van der Waals surface area contributed by atoms with Gasteiger partial charge in [-0.1, -0.05) is 0 Å². The SMILES string of the molecule is COc1cc(C)c(C(C)(C)OC)cc1C1(C(=O)O)CC1.